The van der Waals surface area contributed by atoms with Crippen LogP contribution in [0.4, 0.5) is 0 Å². The van der Waals surface area contributed by atoms with Crippen molar-refractivity contribution in [3.63, 3.8) is 0 Å². The first-order valence-electron chi connectivity index (χ1n) is 9.97. The van der Waals surface area contributed by atoms with Crippen molar-refractivity contribution in [2.45, 2.75) is 19.6 Å². The van der Waals surface area contributed by atoms with Gasteiger partial charge in [0.2, 0.25) is 0 Å². The van der Waals surface area contributed by atoms with Crippen molar-refractivity contribution in [2.75, 3.05) is 19.8 Å². The topological polar surface area (TPSA) is 82.8 Å². The second-order valence-corrected chi connectivity index (χ2v) is 7.17. The quantitative estimate of drug-likeness (QED) is 0.577. The Labute approximate surface area is 174 Å². The molecule has 2 heterocycles. The third-order valence-corrected chi connectivity index (χ3v) is 4.78. The molecule has 0 aliphatic carbocycles. The molecule has 1 N–H and O–H groups in total. The van der Waals surface area contributed by atoms with Crippen molar-refractivity contribution < 1.29 is 23.5 Å². The highest BCUT2D eigenvalue weighted by Gasteiger charge is 2.18. The number of carbonyl (C=O) groups is 1. The Morgan fingerprint density at radius 2 is 1.87 bits per heavy atom. The van der Waals surface area contributed by atoms with Gasteiger partial charge in [0.25, 0.3) is 5.91 Å². The Hall–Kier alpha value is -3.16. The molecule has 156 valence electrons. The molecule has 1 fully saturated rings. The molecule has 0 saturated carbocycles. The van der Waals surface area contributed by atoms with Crippen LogP contribution >= 0.6 is 0 Å². The van der Waals surface area contributed by atoms with Crippen molar-refractivity contribution >= 4 is 5.91 Å². The van der Waals surface area contributed by atoms with Gasteiger partial charge in [-0.15, -0.1) is 0 Å². The molecule has 1 aromatic heterocycles. The van der Waals surface area contributed by atoms with Crippen LogP contribution in [-0.2, 0) is 22.7 Å². The number of aromatic nitrogens is 1. The first kappa shape index (κ1) is 20.1. The monoisotopic (exact) mass is 408 g/mol. The molecule has 7 nitrogen and oxygen atoms in total. The smallest absolute Gasteiger partial charge is 0.273 e. The molecule has 0 spiro atoms. The zero-order valence-electron chi connectivity index (χ0n) is 16.6. The van der Waals surface area contributed by atoms with Gasteiger partial charge in [-0.1, -0.05) is 35.5 Å². The molecular formula is C23H24N2O5. The Morgan fingerprint density at radius 3 is 2.63 bits per heavy atom. The molecule has 1 atom stereocenters. The first-order valence-corrected chi connectivity index (χ1v) is 9.97. The Bertz CT molecular complexity index is 934. The summed E-state index contributed by atoms with van der Waals surface area (Å²) in [5, 5.41) is 6.69. The fourth-order valence-electron chi connectivity index (χ4n) is 3.11. The van der Waals surface area contributed by atoms with E-state index in [0.717, 1.165) is 30.1 Å². The number of hydrogen-bond donors (Lipinski definition) is 1. The van der Waals surface area contributed by atoms with Crippen molar-refractivity contribution in [1.82, 2.24) is 10.5 Å². The second-order valence-electron chi connectivity index (χ2n) is 7.17. The van der Waals surface area contributed by atoms with Crippen molar-refractivity contribution in [3.8, 4) is 11.5 Å². The lowest BCUT2D eigenvalue weighted by Crippen LogP contribution is -2.29. The second kappa shape index (κ2) is 10.0. The van der Waals surface area contributed by atoms with E-state index in [1.165, 1.54) is 0 Å². The highest BCUT2D eigenvalue weighted by Crippen LogP contribution is 2.21. The van der Waals surface area contributed by atoms with Crippen molar-refractivity contribution in [1.29, 1.82) is 0 Å². The van der Waals surface area contributed by atoms with E-state index in [4.69, 9.17) is 18.7 Å². The summed E-state index contributed by atoms with van der Waals surface area (Å²) >= 11 is 0. The number of nitrogens with one attached hydrogen (secondary N) is 1. The summed E-state index contributed by atoms with van der Waals surface area (Å²) in [7, 11) is 0. The number of carbonyl (C=O) groups excluding carboxylic acids is 1. The lowest BCUT2D eigenvalue weighted by molar-refractivity contribution is 0.0876. The first-order chi connectivity index (χ1) is 14.8. The van der Waals surface area contributed by atoms with Crippen LogP contribution in [0.1, 0.15) is 28.2 Å². The summed E-state index contributed by atoms with van der Waals surface area (Å²) < 4.78 is 22.0. The number of nitrogens with zero attached hydrogens (tertiary/aromatic N) is 1. The summed E-state index contributed by atoms with van der Waals surface area (Å²) in [5.74, 6) is 2.19. The van der Waals surface area contributed by atoms with Gasteiger partial charge < -0.3 is 24.1 Å². The molecule has 2 aromatic carbocycles. The van der Waals surface area contributed by atoms with Crippen LogP contribution < -0.4 is 10.1 Å². The van der Waals surface area contributed by atoms with Gasteiger partial charge in [0, 0.05) is 25.1 Å². The highest BCUT2D eigenvalue weighted by molar-refractivity contribution is 5.92. The Morgan fingerprint density at radius 1 is 1.07 bits per heavy atom. The van der Waals surface area contributed by atoms with Crippen LogP contribution in [0.5, 0.6) is 11.5 Å². The number of hydrogen-bond acceptors (Lipinski definition) is 6. The van der Waals surface area contributed by atoms with Gasteiger partial charge in [0.15, 0.2) is 11.5 Å². The van der Waals surface area contributed by atoms with E-state index in [1.807, 2.05) is 54.6 Å². The van der Waals surface area contributed by atoms with Gasteiger partial charge in [-0.25, -0.2) is 0 Å². The standard InChI is InChI=1S/C23H24N2O5/c26-23(24-13-18-10-11-27-15-18)22-12-21(30-25-22)16-28-14-17-6-8-20(9-7-17)29-19-4-2-1-3-5-19/h1-9,12,18H,10-11,13-16H2,(H,24,26). The van der Waals surface area contributed by atoms with E-state index < -0.39 is 0 Å². The Balaban J connectivity index is 1.20. The summed E-state index contributed by atoms with van der Waals surface area (Å²) in [4.78, 5) is 12.1. The summed E-state index contributed by atoms with van der Waals surface area (Å²) in [6.45, 7) is 2.68. The number of para-hydroxylation sites is 1. The van der Waals surface area contributed by atoms with Gasteiger partial charge >= 0.3 is 0 Å². The molecule has 30 heavy (non-hydrogen) atoms. The average molecular weight is 408 g/mol. The van der Waals surface area contributed by atoms with Crippen LogP contribution in [0, 0.1) is 5.92 Å². The van der Waals surface area contributed by atoms with E-state index in [2.05, 4.69) is 10.5 Å². The lowest BCUT2D eigenvalue weighted by Gasteiger charge is -2.07. The third-order valence-electron chi connectivity index (χ3n) is 4.78. The molecule has 1 amide bonds. The van der Waals surface area contributed by atoms with E-state index in [0.29, 0.717) is 31.4 Å². The maximum absolute atomic E-state index is 12.1. The van der Waals surface area contributed by atoms with Crippen LogP contribution in [0.25, 0.3) is 0 Å². The lowest BCUT2D eigenvalue weighted by atomic mass is 10.1. The molecule has 0 bridgehead atoms. The van der Waals surface area contributed by atoms with Crippen LogP contribution in [0.3, 0.4) is 0 Å². The number of ether oxygens (including phenoxy) is 3. The van der Waals surface area contributed by atoms with E-state index >= 15 is 0 Å². The number of benzene rings is 2. The predicted molar refractivity (Wildman–Crippen MR) is 109 cm³/mol. The Kier molecular flexibility index (Phi) is 6.74. The zero-order chi connectivity index (χ0) is 20.6. The minimum atomic E-state index is -0.245. The van der Waals surface area contributed by atoms with Crippen molar-refractivity contribution in [2.24, 2.45) is 5.92 Å². The van der Waals surface area contributed by atoms with Crippen LogP contribution in [-0.4, -0.2) is 30.8 Å². The minimum absolute atomic E-state index is 0.235. The molecular weight excluding hydrogens is 384 g/mol. The molecule has 1 unspecified atom stereocenters. The van der Waals surface area contributed by atoms with Crippen LogP contribution in [0.15, 0.2) is 65.2 Å². The van der Waals surface area contributed by atoms with E-state index in [-0.39, 0.29) is 18.2 Å². The fraction of sp³-hybridized carbons (Fsp3) is 0.304. The number of rotatable bonds is 9. The average Bonchev–Trinajstić information content (AvgIpc) is 3.46. The SMILES string of the molecule is O=C(NCC1CCOC1)c1cc(COCc2ccc(Oc3ccccc3)cc2)on1. The summed E-state index contributed by atoms with van der Waals surface area (Å²) in [5.41, 5.74) is 1.27. The van der Waals surface area contributed by atoms with Crippen LogP contribution in [0.2, 0.25) is 0 Å². The van der Waals surface area contributed by atoms with Gasteiger partial charge in [0.05, 0.1) is 13.2 Å². The van der Waals surface area contributed by atoms with Gasteiger partial charge in [-0.3, -0.25) is 4.79 Å². The fourth-order valence-corrected chi connectivity index (χ4v) is 3.11. The molecule has 4 rings (SSSR count). The molecule has 1 aliphatic heterocycles. The zero-order valence-corrected chi connectivity index (χ0v) is 16.6. The molecule has 3 aromatic rings. The predicted octanol–water partition coefficient (Wildman–Crippen LogP) is 3.95. The normalized spacial score (nSPS) is 15.8. The van der Waals surface area contributed by atoms with Gasteiger partial charge in [0.1, 0.15) is 18.1 Å². The molecule has 1 aliphatic rings. The van der Waals surface area contributed by atoms with Gasteiger partial charge in [-0.05, 0) is 36.2 Å². The third kappa shape index (κ3) is 5.68. The molecule has 0 radical (unpaired) electrons. The van der Waals surface area contributed by atoms with Crippen molar-refractivity contribution in [3.05, 3.63) is 77.7 Å². The number of amides is 1. The maximum atomic E-state index is 12.1. The van der Waals surface area contributed by atoms with Gasteiger partial charge in [-0.2, -0.15) is 0 Å². The molecule has 7 heteroatoms. The largest absolute Gasteiger partial charge is 0.457 e. The van der Waals surface area contributed by atoms with E-state index in [9.17, 15) is 4.79 Å². The molecule has 1 saturated heterocycles. The van der Waals surface area contributed by atoms with E-state index in [1.54, 1.807) is 6.07 Å². The maximum Gasteiger partial charge on any atom is 0.273 e. The summed E-state index contributed by atoms with van der Waals surface area (Å²) in [6.07, 6.45) is 0.970. The minimum Gasteiger partial charge on any atom is -0.457 e. The summed E-state index contributed by atoms with van der Waals surface area (Å²) in [6, 6.07) is 18.9. The highest BCUT2D eigenvalue weighted by atomic mass is 16.5.